The predicted octanol–water partition coefficient (Wildman–Crippen LogP) is 4.98. The second-order valence-corrected chi connectivity index (χ2v) is 23.9. The van der Waals surface area contributed by atoms with Crippen molar-refractivity contribution in [3.63, 3.8) is 0 Å². The Balaban J connectivity index is 1.51. The summed E-state index contributed by atoms with van der Waals surface area (Å²) in [5.41, 5.74) is 1.94. The van der Waals surface area contributed by atoms with Gasteiger partial charge < -0.3 is 47.0 Å². The molecule has 11 atom stereocenters. The molecule has 0 unspecified atom stereocenters. The lowest BCUT2D eigenvalue weighted by Gasteiger charge is -2.34. The highest BCUT2D eigenvalue weighted by Crippen LogP contribution is 2.27. The van der Waals surface area contributed by atoms with Crippen molar-refractivity contribution in [3.05, 3.63) is 71.8 Å². The van der Waals surface area contributed by atoms with Crippen molar-refractivity contribution in [1.82, 2.24) is 47.0 Å². The average Bonchev–Trinajstić information content (AvgIpc) is 4.24. The molecule has 0 aromatic heterocycles. The van der Waals surface area contributed by atoms with Gasteiger partial charge in [-0.3, -0.25) is 43.2 Å². The zero-order chi connectivity index (χ0) is 57.9. The molecule has 2 aromatic rings. The number of rotatable bonds is 13. The Morgan fingerprint density at radius 1 is 0.468 bits per heavy atom. The summed E-state index contributed by atoms with van der Waals surface area (Å²) in [5.74, 6) is -6.17. The molecule has 18 nitrogen and oxygen atoms in total. The average molecular weight is 1100 g/mol. The first kappa shape index (κ1) is 63.5. The predicted molar refractivity (Wildman–Crippen MR) is 304 cm³/mol. The Morgan fingerprint density at radius 3 is 1.39 bits per heavy atom. The fourth-order valence-electron chi connectivity index (χ4n) is 11.1. The van der Waals surface area contributed by atoms with Gasteiger partial charge in [-0.15, -0.1) is 0 Å². The Bertz CT molecular complexity index is 2370. The second kappa shape index (κ2) is 30.9. The standard InChI is InChI=1S/C61H93N9O9/c1-11-40(9)53-58(76)65-47(30-38(5)6)56(74)66-52(39(7)8)61(79)70-28-20-26-49(70)60(78)69-27-19-25-48(69)57(75)63-36-44(31-42-21-15-13-16-22-42)33-50(71)62-35-45(32-43-23-17-14-18-24-43)34-51(72)64-46(29-37(3)4)55(73)67-54(41(10)12-2)59(77)68-53/h13-18,21-24,37-41,44-49,52-54H,11-12,19-20,25-36H2,1-10H3,(H,62,71)(H,63,75)(H,64,72)(H,65,76)(H,66,74)(H,67,73)(H,68,77)/t40-,41-,44-,45+,46-,47-,48-,49-,52-,53-,54-/m0/s1. The van der Waals surface area contributed by atoms with Gasteiger partial charge in [-0.1, -0.05) is 143 Å². The van der Waals surface area contributed by atoms with E-state index in [1.807, 2.05) is 116 Å². The molecule has 79 heavy (non-hydrogen) atoms. The number of hydrogen-bond donors (Lipinski definition) is 7. The van der Waals surface area contributed by atoms with Crippen LogP contribution in [0, 0.1) is 41.4 Å². The first-order chi connectivity index (χ1) is 37.6. The molecule has 5 rings (SSSR count). The SMILES string of the molecule is CC[C@H](C)[C@@H]1NC(=O)[C@H](CC(C)C)NC(=O)C[C@@H](Cc2ccccc2)CNC(=O)C[C@H](Cc2ccccc2)CNC(=O)[C@@H]2CCCN2C(=O)[C@@H]2CCCN2C(=O)[C@H](C(C)C)NC(=O)[C@H](CC(C)C)NC(=O)[C@H]([C@@H](C)CC)NC1=O. The van der Waals surface area contributed by atoms with Crippen LogP contribution < -0.4 is 37.2 Å². The summed E-state index contributed by atoms with van der Waals surface area (Å²) in [6.07, 6.45) is 4.34. The fourth-order valence-corrected chi connectivity index (χ4v) is 11.1. The summed E-state index contributed by atoms with van der Waals surface area (Å²) in [5, 5.41) is 20.8. The van der Waals surface area contributed by atoms with Gasteiger partial charge in [0.2, 0.25) is 53.2 Å². The van der Waals surface area contributed by atoms with Crippen LogP contribution >= 0.6 is 0 Å². The van der Waals surface area contributed by atoms with Gasteiger partial charge in [-0.25, -0.2) is 0 Å². The van der Waals surface area contributed by atoms with E-state index in [4.69, 9.17) is 0 Å². The van der Waals surface area contributed by atoms with E-state index in [1.54, 1.807) is 18.7 Å². The number of fused-ring (bicyclic) bond motifs is 2. The Morgan fingerprint density at radius 2 is 0.899 bits per heavy atom. The van der Waals surface area contributed by atoms with E-state index in [2.05, 4.69) is 37.2 Å². The van der Waals surface area contributed by atoms with E-state index >= 15 is 0 Å². The maximum absolute atomic E-state index is 14.7. The molecule has 2 aromatic carbocycles. The van der Waals surface area contributed by atoms with E-state index < -0.39 is 95.5 Å². The summed E-state index contributed by atoms with van der Waals surface area (Å²) in [6.45, 7) is 19.6. The molecule has 18 heteroatoms. The van der Waals surface area contributed by atoms with Crippen LogP contribution in [0.3, 0.4) is 0 Å². The summed E-state index contributed by atoms with van der Waals surface area (Å²) in [4.78, 5) is 133. The number of nitrogens with one attached hydrogen (secondary N) is 7. The van der Waals surface area contributed by atoms with Gasteiger partial charge in [-0.2, -0.15) is 0 Å². The highest BCUT2D eigenvalue weighted by molar-refractivity contribution is 5.98. The maximum Gasteiger partial charge on any atom is 0.246 e. The van der Waals surface area contributed by atoms with E-state index in [1.165, 1.54) is 4.90 Å². The molecule has 0 aliphatic carbocycles. The van der Waals surface area contributed by atoms with Gasteiger partial charge in [0.15, 0.2) is 0 Å². The van der Waals surface area contributed by atoms with Crippen molar-refractivity contribution in [2.45, 2.75) is 189 Å². The molecule has 0 radical (unpaired) electrons. The van der Waals surface area contributed by atoms with Gasteiger partial charge in [0.05, 0.1) is 0 Å². The molecular weight excluding hydrogens is 1000 g/mol. The number of carbonyl (C=O) groups is 9. The third kappa shape index (κ3) is 18.9. The maximum atomic E-state index is 14.7. The third-order valence-corrected chi connectivity index (χ3v) is 16.0. The van der Waals surface area contributed by atoms with Crippen molar-refractivity contribution in [1.29, 1.82) is 0 Å². The van der Waals surface area contributed by atoms with Crippen LogP contribution in [-0.4, -0.2) is 131 Å². The quantitative estimate of drug-likeness (QED) is 0.143. The molecule has 7 N–H and O–H groups in total. The molecule has 0 bridgehead atoms. The number of carbonyl (C=O) groups excluding carboxylic acids is 9. The smallest absolute Gasteiger partial charge is 0.246 e. The Labute approximate surface area is 469 Å². The number of nitrogens with zero attached hydrogens (tertiary/aromatic N) is 2. The number of amides is 9. The molecule has 0 spiro atoms. The molecule has 3 saturated heterocycles. The van der Waals surface area contributed by atoms with Crippen LogP contribution in [0.25, 0.3) is 0 Å². The van der Waals surface area contributed by atoms with Gasteiger partial charge in [0.1, 0.15) is 42.3 Å². The lowest BCUT2D eigenvalue weighted by atomic mass is 9.93. The lowest BCUT2D eigenvalue weighted by molar-refractivity contribution is -0.148. The zero-order valence-electron chi connectivity index (χ0n) is 48.7. The minimum absolute atomic E-state index is 0.0289. The van der Waals surface area contributed by atoms with E-state index in [-0.39, 0.29) is 86.7 Å². The molecule has 0 saturated carbocycles. The van der Waals surface area contributed by atoms with E-state index in [0.717, 1.165) is 11.1 Å². The summed E-state index contributed by atoms with van der Waals surface area (Å²) < 4.78 is 0. The third-order valence-electron chi connectivity index (χ3n) is 16.0. The number of hydrogen-bond acceptors (Lipinski definition) is 9. The highest BCUT2D eigenvalue weighted by Gasteiger charge is 2.45. The second-order valence-electron chi connectivity index (χ2n) is 23.9. The summed E-state index contributed by atoms with van der Waals surface area (Å²) >= 11 is 0. The van der Waals surface area contributed by atoms with Crippen LogP contribution in [0.15, 0.2) is 60.7 Å². The largest absolute Gasteiger partial charge is 0.356 e. The van der Waals surface area contributed by atoms with Gasteiger partial charge in [0, 0.05) is 39.0 Å². The van der Waals surface area contributed by atoms with Crippen molar-refractivity contribution >= 4 is 53.2 Å². The first-order valence-corrected chi connectivity index (χ1v) is 29.3. The van der Waals surface area contributed by atoms with Crippen molar-refractivity contribution in [2.75, 3.05) is 26.2 Å². The minimum atomic E-state index is -1.12. The van der Waals surface area contributed by atoms with Crippen LogP contribution in [0.5, 0.6) is 0 Å². The van der Waals surface area contributed by atoms with E-state index in [9.17, 15) is 43.2 Å². The summed E-state index contributed by atoms with van der Waals surface area (Å²) in [7, 11) is 0. The fraction of sp³-hybridized carbons (Fsp3) is 0.656. The van der Waals surface area contributed by atoms with Crippen molar-refractivity contribution in [2.24, 2.45) is 41.4 Å². The molecule has 3 aliphatic rings. The van der Waals surface area contributed by atoms with Crippen LogP contribution in [0.1, 0.15) is 145 Å². The van der Waals surface area contributed by atoms with Gasteiger partial charge in [0.25, 0.3) is 0 Å². The Hall–Kier alpha value is -6.33. The van der Waals surface area contributed by atoms with Gasteiger partial charge in [-0.05, 0) is 104 Å². The van der Waals surface area contributed by atoms with Crippen molar-refractivity contribution < 1.29 is 43.2 Å². The minimum Gasteiger partial charge on any atom is -0.356 e. The normalized spacial score (nSPS) is 27.2. The molecule has 9 amide bonds. The Kier molecular flexibility index (Phi) is 24.8. The molecule has 436 valence electrons. The molecular formula is C61H93N9O9. The first-order valence-electron chi connectivity index (χ1n) is 29.3. The molecule has 3 aliphatic heterocycles. The summed E-state index contributed by atoms with van der Waals surface area (Å²) in [6, 6.07) is 12.3. The van der Waals surface area contributed by atoms with Crippen molar-refractivity contribution in [3.8, 4) is 0 Å². The lowest BCUT2D eigenvalue weighted by Crippen LogP contribution is -2.62. The van der Waals surface area contributed by atoms with E-state index in [0.29, 0.717) is 57.9 Å². The highest BCUT2D eigenvalue weighted by atomic mass is 16.2. The van der Waals surface area contributed by atoms with Crippen LogP contribution in [0.2, 0.25) is 0 Å². The topological polar surface area (TPSA) is 244 Å². The van der Waals surface area contributed by atoms with Crippen LogP contribution in [-0.2, 0) is 56.0 Å². The number of benzene rings is 2. The monoisotopic (exact) mass is 1100 g/mol. The molecule has 3 fully saturated rings. The van der Waals surface area contributed by atoms with Crippen LogP contribution in [0.4, 0.5) is 0 Å². The molecule has 3 heterocycles. The van der Waals surface area contributed by atoms with Gasteiger partial charge >= 0.3 is 0 Å². The zero-order valence-corrected chi connectivity index (χ0v) is 48.7.